The minimum absolute atomic E-state index is 0.418. The van der Waals surface area contributed by atoms with E-state index < -0.39 is 12.0 Å². The Hall–Kier alpha value is -2.13. The molecule has 2 N–H and O–H groups in total. The number of aliphatic hydroxyl groups excluding tert-OH is 1. The van der Waals surface area contributed by atoms with Gasteiger partial charge in [0.25, 0.3) is 5.91 Å². The molecule has 0 saturated carbocycles. The van der Waals surface area contributed by atoms with E-state index in [0.717, 1.165) is 16.8 Å². The third-order valence-electron chi connectivity index (χ3n) is 3.00. The molecule has 19 heavy (non-hydrogen) atoms. The Bertz CT molecular complexity index is 579. The highest BCUT2D eigenvalue weighted by atomic mass is 16.3. The first-order valence-corrected chi connectivity index (χ1v) is 6.19. The van der Waals surface area contributed by atoms with Crippen LogP contribution in [0.4, 0.5) is 5.69 Å². The van der Waals surface area contributed by atoms with E-state index in [1.165, 1.54) is 0 Å². The van der Waals surface area contributed by atoms with Crippen molar-refractivity contribution in [3.63, 3.8) is 0 Å². The molecule has 1 atom stereocenters. The maximum absolute atomic E-state index is 12.0. The zero-order valence-electron chi connectivity index (χ0n) is 11.1. The molecule has 0 fully saturated rings. The van der Waals surface area contributed by atoms with Gasteiger partial charge in [0.05, 0.1) is 0 Å². The Kier molecular flexibility index (Phi) is 3.97. The van der Waals surface area contributed by atoms with E-state index in [1.807, 2.05) is 38.1 Å². The highest BCUT2D eigenvalue weighted by Crippen LogP contribution is 2.19. The van der Waals surface area contributed by atoms with Gasteiger partial charge in [-0.1, -0.05) is 48.0 Å². The predicted octanol–water partition coefficient (Wildman–Crippen LogP) is 2.98. The second-order valence-electron chi connectivity index (χ2n) is 4.62. The summed E-state index contributed by atoms with van der Waals surface area (Å²) in [5.41, 5.74) is 3.43. The maximum Gasteiger partial charge on any atom is 0.257 e. The van der Waals surface area contributed by atoms with Gasteiger partial charge in [0.15, 0.2) is 6.10 Å². The third-order valence-corrected chi connectivity index (χ3v) is 3.00. The summed E-state index contributed by atoms with van der Waals surface area (Å²) >= 11 is 0. The molecule has 2 aromatic carbocycles. The number of hydrogen-bond acceptors (Lipinski definition) is 2. The van der Waals surface area contributed by atoms with Gasteiger partial charge in [-0.25, -0.2) is 0 Å². The van der Waals surface area contributed by atoms with Crippen molar-refractivity contribution in [2.45, 2.75) is 20.0 Å². The van der Waals surface area contributed by atoms with Crippen LogP contribution in [0.3, 0.4) is 0 Å². The van der Waals surface area contributed by atoms with E-state index in [1.54, 1.807) is 24.3 Å². The Labute approximate surface area is 112 Å². The molecule has 0 aromatic heterocycles. The van der Waals surface area contributed by atoms with E-state index in [9.17, 15) is 9.90 Å². The minimum Gasteiger partial charge on any atom is -0.378 e. The monoisotopic (exact) mass is 255 g/mol. The molecule has 0 aliphatic heterocycles. The lowest BCUT2D eigenvalue weighted by Gasteiger charge is -2.13. The Balaban J connectivity index is 2.13. The van der Waals surface area contributed by atoms with Crippen molar-refractivity contribution in [2.24, 2.45) is 0 Å². The number of nitrogens with one attached hydrogen (secondary N) is 1. The molecule has 0 aliphatic rings. The molecule has 3 heteroatoms. The number of amides is 1. The van der Waals surface area contributed by atoms with E-state index in [2.05, 4.69) is 5.32 Å². The molecule has 3 nitrogen and oxygen atoms in total. The molecule has 0 heterocycles. The van der Waals surface area contributed by atoms with Crippen LogP contribution in [0.1, 0.15) is 22.8 Å². The molecule has 2 aromatic rings. The molecule has 0 radical (unpaired) electrons. The van der Waals surface area contributed by atoms with Crippen LogP contribution in [-0.4, -0.2) is 11.0 Å². The molecular weight excluding hydrogens is 238 g/mol. The van der Waals surface area contributed by atoms with Crippen LogP contribution in [0.2, 0.25) is 0 Å². The topological polar surface area (TPSA) is 49.3 Å². The van der Waals surface area contributed by atoms with E-state index >= 15 is 0 Å². The van der Waals surface area contributed by atoms with Gasteiger partial charge in [-0.3, -0.25) is 4.79 Å². The second kappa shape index (κ2) is 5.67. The minimum atomic E-state index is -1.15. The molecule has 0 aliphatic carbocycles. The SMILES string of the molecule is Cc1ccc(NC(=O)C(O)c2ccccc2)c(C)c1. The van der Waals surface area contributed by atoms with Gasteiger partial charge in [0.1, 0.15) is 0 Å². The predicted molar refractivity (Wildman–Crippen MR) is 75.9 cm³/mol. The number of anilines is 1. The van der Waals surface area contributed by atoms with Crippen LogP contribution in [0.5, 0.6) is 0 Å². The van der Waals surface area contributed by atoms with Crippen LogP contribution in [0, 0.1) is 13.8 Å². The average Bonchev–Trinajstić information content (AvgIpc) is 2.42. The first-order chi connectivity index (χ1) is 9.08. The standard InChI is InChI=1S/C16H17NO2/c1-11-8-9-14(12(2)10-11)17-16(19)15(18)13-6-4-3-5-7-13/h3-10,15,18H,1-2H3,(H,17,19). The fraction of sp³-hybridized carbons (Fsp3) is 0.188. The normalized spacial score (nSPS) is 11.9. The van der Waals surface area contributed by atoms with Gasteiger partial charge in [0, 0.05) is 5.69 Å². The fourth-order valence-corrected chi connectivity index (χ4v) is 1.94. The van der Waals surface area contributed by atoms with E-state index in [-0.39, 0.29) is 0 Å². The number of aryl methyl sites for hydroxylation is 2. The maximum atomic E-state index is 12.0. The molecule has 0 saturated heterocycles. The largest absolute Gasteiger partial charge is 0.378 e. The fourth-order valence-electron chi connectivity index (χ4n) is 1.94. The van der Waals surface area contributed by atoms with Crippen molar-refractivity contribution >= 4 is 11.6 Å². The first-order valence-electron chi connectivity index (χ1n) is 6.19. The number of carbonyl (C=O) groups is 1. The lowest BCUT2D eigenvalue weighted by molar-refractivity contribution is -0.124. The highest BCUT2D eigenvalue weighted by molar-refractivity contribution is 5.95. The van der Waals surface area contributed by atoms with Gasteiger partial charge in [-0.05, 0) is 31.0 Å². The van der Waals surface area contributed by atoms with Gasteiger partial charge in [-0.15, -0.1) is 0 Å². The lowest BCUT2D eigenvalue weighted by atomic mass is 10.1. The Morgan fingerprint density at radius 3 is 2.42 bits per heavy atom. The summed E-state index contributed by atoms with van der Waals surface area (Å²) in [6, 6.07) is 14.7. The van der Waals surface area contributed by atoms with Gasteiger partial charge >= 0.3 is 0 Å². The van der Waals surface area contributed by atoms with Gasteiger partial charge in [-0.2, -0.15) is 0 Å². The molecule has 0 bridgehead atoms. The van der Waals surface area contributed by atoms with E-state index in [0.29, 0.717) is 5.56 Å². The van der Waals surface area contributed by atoms with Crippen molar-refractivity contribution in [1.29, 1.82) is 0 Å². The molecule has 0 spiro atoms. The second-order valence-corrected chi connectivity index (χ2v) is 4.62. The molecule has 2 rings (SSSR count). The molecule has 1 amide bonds. The van der Waals surface area contributed by atoms with Crippen LogP contribution < -0.4 is 5.32 Å². The van der Waals surface area contributed by atoms with E-state index in [4.69, 9.17) is 0 Å². The van der Waals surface area contributed by atoms with Crippen LogP contribution in [-0.2, 0) is 4.79 Å². The number of benzene rings is 2. The summed E-state index contributed by atoms with van der Waals surface area (Å²) < 4.78 is 0. The van der Waals surface area contributed by atoms with Gasteiger partial charge < -0.3 is 10.4 Å². The summed E-state index contributed by atoms with van der Waals surface area (Å²) in [5.74, 6) is -0.418. The van der Waals surface area contributed by atoms with Crippen molar-refractivity contribution in [3.05, 3.63) is 65.2 Å². The average molecular weight is 255 g/mol. The summed E-state index contributed by atoms with van der Waals surface area (Å²) in [6.45, 7) is 3.93. The summed E-state index contributed by atoms with van der Waals surface area (Å²) in [5, 5.41) is 12.7. The number of aliphatic hydroxyl groups is 1. The summed E-state index contributed by atoms with van der Waals surface area (Å²) in [7, 11) is 0. The highest BCUT2D eigenvalue weighted by Gasteiger charge is 2.17. The van der Waals surface area contributed by atoms with Crippen molar-refractivity contribution < 1.29 is 9.90 Å². The van der Waals surface area contributed by atoms with Crippen LogP contribution in [0.25, 0.3) is 0 Å². The molecule has 98 valence electrons. The Morgan fingerprint density at radius 1 is 1.11 bits per heavy atom. The molecular formula is C16H17NO2. The van der Waals surface area contributed by atoms with Crippen LogP contribution in [0.15, 0.2) is 48.5 Å². The summed E-state index contributed by atoms with van der Waals surface area (Å²) in [6.07, 6.45) is -1.15. The van der Waals surface area contributed by atoms with Crippen molar-refractivity contribution in [3.8, 4) is 0 Å². The van der Waals surface area contributed by atoms with Crippen LogP contribution >= 0.6 is 0 Å². The van der Waals surface area contributed by atoms with Crippen molar-refractivity contribution in [2.75, 3.05) is 5.32 Å². The van der Waals surface area contributed by atoms with Gasteiger partial charge in [0.2, 0.25) is 0 Å². The number of rotatable bonds is 3. The Morgan fingerprint density at radius 2 is 1.79 bits per heavy atom. The number of carbonyl (C=O) groups excluding carboxylic acids is 1. The zero-order valence-corrected chi connectivity index (χ0v) is 11.1. The number of hydrogen-bond donors (Lipinski definition) is 2. The first kappa shape index (κ1) is 13.3. The smallest absolute Gasteiger partial charge is 0.257 e. The zero-order chi connectivity index (χ0) is 13.8. The third kappa shape index (κ3) is 3.20. The lowest BCUT2D eigenvalue weighted by Crippen LogP contribution is -2.21. The van der Waals surface area contributed by atoms with Crippen molar-refractivity contribution in [1.82, 2.24) is 0 Å². The summed E-state index contributed by atoms with van der Waals surface area (Å²) in [4.78, 5) is 12.0. The molecule has 1 unspecified atom stereocenters. The quantitative estimate of drug-likeness (QED) is 0.885.